The number of aromatic nitrogens is 1. The SMILES string of the molecule is CC[C@H]1c2cccn2CCN1S(=O)(=O)c1csc(C(=O)NC)c1. The molecule has 3 heterocycles. The Morgan fingerprint density at radius 2 is 2.22 bits per heavy atom. The molecule has 124 valence electrons. The van der Waals surface area contributed by atoms with Gasteiger partial charge < -0.3 is 9.88 Å². The van der Waals surface area contributed by atoms with Crippen LogP contribution in [0.2, 0.25) is 0 Å². The third kappa shape index (κ3) is 2.71. The van der Waals surface area contributed by atoms with Crippen molar-refractivity contribution in [2.75, 3.05) is 13.6 Å². The lowest BCUT2D eigenvalue weighted by atomic mass is 10.1. The molecule has 1 aliphatic rings. The summed E-state index contributed by atoms with van der Waals surface area (Å²) in [5.41, 5.74) is 1.02. The average Bonchev–Trinajstić information content (AvgIpc) is 3.21. The first-order valence-corrected chi connectivity index (χ1v) is 9.78. The maximum Gasteiger partial charge on any atom is 0.261 e. The summed E-state index contributed by atoms with van der Waals surface area (Å²) in [6, 6.07) is 5.20. The Morgan fingerprint density at radius 3 is 2.91 bits per heavy atom. The van der Waals surface area contributed by atoms with Gasteiger partial charge in [0.2, 0.25) is 10.0 Å². The molecular weight excluding hydrogens is 334 g/mol. The molecule has 1 amide bonds. The molecule has 6 nitrogen and oxygen atoms in total. The summed E-state index contributed by atoms with van der Waals surface area (Å²) in [5, 5.41) is 4.06. The van der Waals surface area contributed by atoms with Gasteiger partial charge in [0.05, 0.1) is 15.8 Å². The van der Waals surface area contributed by atoms with Crippen molar-refractivity contribution in [3.63, 3.8) is 0 Å². The minimum atomic E-state index is -3.61. The van der Waals surface area contributed by atoms with E-state index < -0.39 is 10.0 Å². The molecule has 1 aliphatic heterocycles. The zero-order chi connectivity index (χ0) is 16.6. The van der Waals surface area contributed by atoms with E-state index in [-0.39, 0.29) is 16.8 Å². The van der Waals surface area contributed by atoms with Gasteiger partial charge in [-0.3, -0.25) is 4.79 Å². The third-order valence-corrected chi connectivity index (χ3v) is 7.10. The van der Waals surface area contributed by atoms with Crippen LogP contribution in [0.1, 0.15) is 34.8 Å². The molecule has 0 spiro atoms. The Kier molecular flexibility index (Phi) is 4.31. The molecule has 0 bridgehead atoms. The lowest BCUT2D eigenvalue weighted by Crippen LogP contribution is -2.41. The van der Waals surface area contributed by atoms with Crippen LogP contribution in [0.15, 0.2) is 34.7 Å². The summed E-state index contributed by atoms with van der Waals surface area (Å²) in [6.07, 6.45) is 2.69. The molecule has 0 aromatic carbocycles. The maximum absolute atomic E-state index is 13.0. The topological polar surface area (TPSA) is 71.4 Å². The quantitative estimate of drug-likeness (QED) is 0.915. The summed E-state index contributed by atoms with van der Waals surface area (Å²) >= 11 is 1.15. The Labute approximate surface area is 139 Å². The molecule has 0 unspecified atom stereocenters. The molecule has 0 fully saturated rings. The molecule has 8 heteroatoms. The van der Waals surface area contributed by atoms with E-state index in [1.165, 1.54) is 13.1 Å². The highest BCUT2D eigenvalue weighted by Crippen LogP contribution is 2.34. The maximum atomic E-state index is 13.0. The summed E-state index contributed by atoms with van der Waals surface area (Å²) in [6.45, 7) is 3.07. The van der Waals surface area contributed by atoms with Crippen molar-refractivity contribution in [2.24, 2.45) is 0 Å². The first-order valence-electron chi connectivity index (χ1n) is 7.46. The number of amides is 1. The molecule has 0 radical (unpaired) electrons. The summed E-state index contributed by atoms with van der Waals surface area (Å²) in [4.78, 5) is 12.3. The largest absolute Gasteiger partial charge is 0.354 e. The number of nitrogens with one attached hydrogen (secondary N) is 1. The van der Waals surface area contributed by atoms with E-state index >= 15 is 0 Å². The summed E-state index contributed by atoms with van der Waals surface area (Å²) < 4.78 is 29.7. The predicted octanol–water partition coefficient (Wildman–Crippen LogP) is 2.06. The Balaban J connectivity index is 1.96. The lowest BCUT2D eigenvalue weighted by Gasteiger charge is -2.35. The van der Waals surface area contributed by atoms with Crippen molar-refractivity contribution in [1.82, 2.24) is 14.2 Å². The smallest absolute Gasteiger partial charge is 0.261 e. The highest BCUT2D eigenvalue weighted by molar-refractivity contribution is 7.89. The van der Waals surface area contributed by atoms with Crippen LogP contribution in [0.3, 0.4) is 0 Å². The Hall–Kier alpha value is -1.64. The first kappa shape index (κ1) is 16.2. The molecule has 1 N–H and O–H groups in total. The summed E-state index contributed by atoms with van der Waals surface area (Å²) in [5.74, 6) is -0.268. The van der Waals surface area contributed by atoms with Gasteiger partial charge in [-0.15, -0.1) is 11.3 Å². The van der Waals surface area contributed by atoms with Crippen LogP contribution in [0.4, 0.5) is 0 Å². The van der Waals surface area contributed by atoms with Gasteiger partial charge in [0, 0.05) is 37.4 Å². The molecule has 1 atom stereocenters. The fourth-order valence-corrected chi connectivity index (χ4v) is 5.85. The molecule has 2 aromatic rings. The van der Waals surface area contributed by atoms with Crippen LogP contribution in [-0.2, 0) is 16.6 Å². The molecular formula is C15H19N3O3S2. The van der Waals surface area contributed by atoms with Crippen molar-refractivity contribution in [3.8, 4) is 0 Å². The van der Waals surface area contributed by atoms with Gasteiger partial charge in [0.15, 0.2) is 0 Å². The van der Waals surface area contributed by atoms with Crippen LogP contribution in [-0.4, -0.2) is 36.8 Å². The number of thiophene rings is 1. The van der Waals surface area contributed by atoms with E-state index in [1.807, 2.05) is 25.3 Å². The zero-order valence-corrected chi connectivity index (χ0v) is 14.7. The number of nitrogens with zero attached hydrogens (tertiary/aromatic N) is 2. The van der Waals surface area contributed by atoms with Gasteiger partial charge in [-0.2, -0.15) is 4.31 Å². The number of fused-ring (bicyclic) bond motifs is 1. The van der Waals surface area contributed by atoms with Crippen LogP contribution >= 0.6 is 11.3 Å². The highest BCUT2D eigenvalue weighted by Gasteiger charge is 2.36. The predicted molar refractivity (Wildman–Crippen MR) is 89.1 cm³/mol. The van der Waals surface area contributed by atoms with Gasteiger partial charge in [0.25, 0.3) is 5.91 Å². The van der Waals surface area contributed by atoms with Crippen LogP contribution in [0.5, 0.6) is 0 Å². The minimum Gasteiger partial charge on any atom is -0.354 e. The van der Waals surface area contributed by atoms with Crippen LogP contribution < -0.4 is 5.32 Å². The fourth-order valence-electron chi connectivity index (χ4n) is 2.98. The van der Waals surface area contributed by atoms with Gasteiger partial charge >= 0.3 is 0 Å². The van der Waals surface area contributed by atoms with Crippen LogP contribution in [0.25, 0.3) is 0 Å². The van der Waals surface area contributed by atoms with E-state index in [0.29, 0.717) is 24.4 Å². The second-order valence-electron chi connectivity index (χ2n) is 5.39. The normalized spacial score (nSPS) is 18.6. The standard InChI is InChI=1S/C15H19N3O3S2/c1-3-12-13-5-4-6-17(13)7-8-18(12)23(20,21)11-9-14(22-10-11)15(19)16-2/h4-6,9-10,12H,3,7-8H2,1-2H3,(H,16,19)/t12-/m0/s1. The number of hydrogen-bond donors (Lipinski definition) is 1. The van der Waals surface area contributed by atoms with Crippen molar-refractivity contribution in [3.05, 3.63) is 40.3 Å². The Morgan fingerprint density at radius 1 is 1.43 bits per heavy atom. The van der Waals surface area contributed by atoms with Crippen molar-refractivity contribution >= 4 is 27.3 Å². The fraction of sp³-hybridized carbons (Fsp3) is 0.400. The Bertz CT molecular complexity index is 823. The van der Waals surface area contributed by atoms with Gasteiger partial charge in [-0.25, -0.2) is 8.42 Å². The van der Waals surface area contributed by atoms with Crippen molar-refractivity contribution < 1.29 is 13.2 Å². The van der Waals surface area contributed by atoms with E-state index in [4.69, 9.17) is 0 Å². The van der Waals surface area contributed by atoms with E-state index in [9.17, 15) is 13.2 Å². The number of carbonyl (C=O) groups is 1. The third-order valence-electron chi connectivity index (χ3n) is 4.13. The van der Waals surface area contributed by atoms with Gasteiger partial charge in [-0.1, -0.05) is 6.92 Å². The molecule has 2 aromatic heterocycles. The van der Waals surface area contributed by atoms with Crippen molar-refractivity contribution in [1.29, 1.82) is 0 Å². The number of carbonyl (C=O) groups excluding carboxylic acids is 1. The zero-order valence-electron chi connectivity index (χ0n) is 13.0. The molecule has 3 rings (SSSR count). The van der Waals surface area contributed by atoms with E-state index in [0.717, 1.165) is 17.0 Å². The molecule has 23 heavy (non-hydrogen) atoms. The number of rotatable bonds is 4. The molecule has 0 saturated heterocycles. The number of sulfonamides is 1. The average molecular weight is 353 g/mol. The van der Waals surface area contributed by atoms with Crippen molar-refractivity contribution in [2.45, 2.75) is 30.8 Å². The lowest BCUT2D eigenvalue weighted by molar-refractivity contribution is 0.0967. The van der Waals surface area contributed by atoms with Gasteiger partial charge in [-0.05, 0) is 24.6 Å². The minimum absolute atomic E-state index is 0.174. The summed E-state index contributed by atoms with van der Waals surface area (Å²) in [7, 11) is -2.08. The second kappa shape index (κ2) is 6.10. The first-order chi connectivity index (χ1) is 11.0. The molecule has 0 saturated carbocycles. The van der Waals surface area contributed by atoms with Crippen LogP contribution in [0, 0.1) is 0 Å². The molecule has 0 aliphatic carbocycles. The number of hydrogen-bond acceptors (Lipinski definition) is 4. The second-order valence-corrected chi connectivity index (χ2v) is 8.19. The van der Waals surface area contributed by atoms with Gasteiger partial charge in [0.1, 0.15) is 0 Å². The van der Waals surface area contributed by atoms with E-state index in [2.05, 4.69) is 9.88 Å². The highest BCUT2D eigenvalue weighted by atomic mass is 32.2. The van der Waals surface area contributed by atoms with E-state index in [1.54, 1.807) is 9.69 Å². The monoisotopic (exact) mass is 353 g/mol.